The molecule has 5 rings (SSSR count). The Morgan fingerprint density at radius 3 is 1.20 bits per heavy atom. The number of ether oxygens (including phenoxy) is 1. The molecule has 14 nitrogen and oxygen atoms in total. The van der Waals surface area contributed by atoms with E-state index in [1.165, 1.54) is 37.2 Å². The number of carbonyl (C=O) groups is 3. The van der Waals surface area contributed by atoms with Crippen LogP contribution in [-0.4, -0.2) is 81.6 Å². The fourth-order valence-corrected chi connectivity index (χ4v) is 20.6. The van der Waals surface area contributed by atoms with Crippen molar-refractivity contribution < 1.29 is 27.5 Å². The van der Waals surface area contributed by atoms with Gasteiger partial charge in [-0.25, -0.2) is 8.42 Å². The molecule has 0 saturated heterocycles. The molecular formula is C61H124N8O6P10S. The fraction of sp³-hybridized carbons (Fsp3) is 0.787. The van der Waals surface area contributed by atoms with Crippen LogP contribution < -0.4 is 15.4 Å². The summed E-state index contributed by atoms with van der Waals surface area (Å²) >= 11 is 0. The lowest BCUT2D eigenvalue weighted by Gasteiger charge is -2.43. The van der Waals surface area contributed by atoms with Gasteiger partial charge in [-0.15, -0.1) is 0 Å². The molecule has 3 amide bonds. The second-order valence-electron chi connectivity index (χ2n) is 32.9. The third-order valence-electron chi connectivity index (χ3n) is 14.0. The zero-order valence-corrected chi connectivity index (χ0v) is 70.7. The maximum absolute atomic E-state index is 12.0. The molecule has 0 radical (unpaired) electrons. The largest absolute Gasteiger partial charge is 0.486 e. The van der Waals surface area contributed by atoms with Gasteiger partial charge in [-0.05, 0) is 55.5 Å². The lowest BCUT2D eigenvalue weighted by atomic mass is 9.77. The zero-order valence-electron chi connectivity index (χ0n) is 59.1. The minimum atomic E-state index is -3.26. The van der Waals surface area contributed by atoms with Gasteiger partial charge in [0.15, 0.2) is 6.61 Å². The van der Waals surface area contributed by atoms with Gasteiger partial charge in [-0.3, -0.25) is 28.4 Å². The van der Waals surface area contributed by atoms with Crippen molar-refractivity contribution in [1.82, 2.24) is 38.7 Å². The van der Waals surface area contributed by atoms with Crippen LogP contribution in [0.1, 0.15) is 227 Å². The van der Waals surface area contributed by atoms with Crippen molar-refractivity contribution in [3.05, 3.63) is 56.9 Å². The van der Waals surface area contributed by atoms with Crippen LogP contribution in [0, 0.1) is 54.1 Å². The van der Waals surface area contributed by atoms with Crippen molar-refractivity contribution in [3.63, 3.8) is 0 Å². The molecule has 86 heavy (non-hydrogen) atoms. The molecule has 5 heterocycles. The third kappa shape index (κ3) is 24.8. The fourth-order valence-electron chi connectivity index (χ4n) is 10.6. The van der Waals surface area contributed by atoms with Crippen molar-refractivity contribution in [1.29, 1.82) is 0 Å². The highest BCUT2D eigenvalue weighted by Gasteiger charge is 2.42. The van der Waals surface area contributed by atoms with Gasteiger partial charge in [0.2, 0.25) is 11.8 Å². The summed E-state index contributed by atoms with van der Waals surface area (Å²) < 4.78 is 42.9. The highest BCUT2D eigenvalue weighted by molar-refractivity contribution is 8.03. The topological polar surface area (TPSA) is 147 Å². The van der Waals surface area contributed by atoms with Gasteiger partial charge in [0.25, 0.3) is 15.9 Å². The molecular weight excluding hydrogens is 1280 g/mol. The van der Waals surface area contributed by atoms with Crippen molar-refractivity contribution in [2.45, 2.75) is 227 Å². The first-order valence-corrected chi connectivity index (χ1v) is 45.5. The quantitative estimate of drug-likeness (QED) is 0.227. The van der Waals surface area contributed by atoms with E-state index in [0.29, 0.717) is 52.2 Å². The second-order valence-corrected chi connectivity index (χ2v) is 42.3. The van der Waals surface area contributed by atoms with E-state index in [0.717, 1.165) is 42.7 Å². The summed E-state index contributed by atoms with van der Waals surface area (Å²) in [6.45, 7) is 67.6. The zero-order chi connectivity index (χ0) is 67.9. The maximum atomic E-state index is 12.0. The highest BCUT2D eigenvalue weighted by atomic mass is 32.2. The van der Waals surface area contributed by atoms with E-state index in [9.17, 15) is 22.8 Å². The van der Waals surface area contributed by atoms with Gasteiger partial charge in [0.05, 0.1) is 17.9 Å². The molecule has 0 bridgehead atoms. The Kier molecular flexibility index (Phi) is 31.4. The highest BCUT2D eigenvalue weighted by Crippen LogP contribution is 2.51. The number of amides is 3. The van der Waals surface area contributed by atoms with Crippen LogP contribution in [0.15, 0.2) is 56.9 Å². The summed E-state index contributed by atoms with van der Waals surface area (Å²) in [5.41, 5.74) is 11.0. The van der Waals surface area contributed by atoms with Crippen LogP contribution >= 0.6 is 86.7 Å². The van der Waals surface area contributed by atoms with Crippen molar-refractivity contribution >= 4 is 114 Å². The van der Waals surface area contributed by atoms with E-state index in [1.54, 1.807) is 11.3 Å². The summed E-state index contributed by atoms with van der Waals surface area (Å²) in [5.74, 6) is 1.30. The number of allylic oxidation sites excluding steroid dienone is 10. The number of carbonyl (C=O) groups excluding carboxylic acids is 3. The molecule has 0 aliphatic carbocycles. The van der Waals surface area contributed by atoms with E-state index < -0.39 is 10.0 Å². The van der Waals surface area contributed by atoms with E-state index in [4.69, 9.17) is 4.74 Å². The van der Waals surface area contributed by atoms with E-state index in [-0.39, 0.29) is 78.9 Å². The summed E-state index contributed by atoms with van der Waals surface area (Å²) in [6, 6.07) is 0. The summed E-state index contributed by atoms with van der Waals surface area (Å²) in [5, 5.41) is 6.38. The van der Waals surface area contributed by atoms with Crippen molar-refractivity contribution in [2.24, 2.45) is 54.1 Å². The molecule has 5 aliphatic rings. The van der Waals surface area contributed by atoms with Crippen LogP contribution in [0.3, 0.4) is 0 Å². The monoisotopic (exact) mass is 1410 g/mol. The van der Waals surface area contributed by atoms with Crippen LogP contribution in [0.5, 0.6) is 0 Å². The summed E-state index contributed by atoms with van der Waals surface area (Å²) in [4.78, 5) is 35.7. The normalized spacial score (nSPS) is 19.9. The lowest BCUT2D eigenvalue weighted by molar-refractivity contribution is -0.132. The van der Waals surface area contributed by atoms with Crippen molar-refractivity contribution in [3.8, 4) is 0 Å². The Morgan fingerprint density at radius 2 is 0.837 bits per heavy atom. The number of sulfonamides is 1. The van der Waals surface area contributed by atoms with E-state index in [2.05, 4.69) is 256 Å². The van der Waals surface area contributed by atoms with Crippen molar-refractivity contribution in [2.75, 3.05) is 32.1 Å². The Hall–Kier alpha value is 0.160. The second kappa shape index (κ2) is 32.1. The predicted octanol–water partition coefficient (Wildman–Crippen LogP) is 17.8. The first-order valence-electron chi connectivity index (χ1n) is 30.0. The Balaban J connectivity index is 0.000000538. The summed E-state index contributed by atoms with van der Waals surface area (Å²) in [7, 11) is 12.9. The Labute approximate surface area is 547 Å². The molecule has 0 fully saturated rings. The minimum absolute atomic E-state index is 0.0325. The van der Waals surface area contributed by atoms with Crippen LogP contribution in [0.2, 0.25) is 0 Å². The van der Waals surface area contributed by atoms with Gasteiger partial charge in [-0.1, -0.05) is 252 Å². The average Bonchev–Trinajstić information content (AvgIpc) is 1.35. The molecule has 10 unspecified atom stereocenters. The number of hydrogen-bond donors (Lipinski definition) is 3. The molecule has 0 spiro atoms. The standard InChI is InChI=1S/C14H29NP2.2C12H24N2OP2.C12H23NO2P2.C11H24N2O2P2S/c1-13(2,3)11-9-7-8-10-15(17-16)12(11)14(4,5)6;1-11(2,3)9-10(12(4,5)6)14(17-16)7-8(15)13-9;1-11(2,3)9-10(12(4,5)6)14(17-16)8(15)7-13-9;1-11(2,3)9-10(12(4,5)6)15-7-8(14)13(9)17-16;1-10(2,3)8-9(11(4,5)6)13(17-16)7-18(14,15)12-8/h17H,7-10,16H2,1-6H3;17H,7,16H2,1-6H3,(H,13,15);13,17H,7,16H2,1-6H3;17H,7,16H2,1-6H3;12,17H,7,16H2,1-6H3. The molecule has 25 heteroatoms. The van der Waals surface area contributed by atoms with Crippen LogP contribution in [0.25, 0.3) is 0 Å². The Bertz CT molecular complexity index is 2540. The molecule has 3 N–H and O–H groups in total. The van der Waals surface area contributed by atoms with E-state index in [1.807, 2.05) is 34.8 Å². The van der Waals surface area contributed by atoms with Crippen LogP contribution in [-0.2, 0) is 29.1 Å². The molecule has 500 valence electrons. The van der Waals surface area contributed by atoms with Gasteiger partial charge in [-0.2, -0.15) is 0 Å². The van der Waals surface area contributed by atoms with Gasteiger partial charge >= 0.3 is 0 Å². The van der Waals surface area contributed by atoms with Gasteiger partial charge < -0.3 is 29.4 Å². The third-order valence-corrected chi connectivity index (χ3v) is 23.3. The predicted molar refractivity (Wildman–Crippen MR) is 402 cm³/mol. The lowest BCUT2D eigenvalue weighted by Crippen LogP contribution is -2.46. The number of nitrogens with one attached hydrogen (secondary N) is 3. The maximum Gasteiger partial charge on any atom is 0.268 e. The first kappa shape index (κ1) is 84.2. The number of nitrogens with zero attached hydrogens (tertiary/aromatic N) is 5. The molecule has 0 aromatic heterocycles. The molecule has 10 atom stereocenters. The summed E-state index contributed by atoms with van der Waals surface area (Å²) in [6.07, 6.45) is 3.96. The SMILES string of the molecule is CC(C)(C)C1=C(C(C)(C)C)N(PP)C(=O)CN1.CC(C)(C)C1=C(C(C)(C)C)N(PP)C(=O)CO1.CC(C)(C)C1=C(C(C)(C)C)N(PP)CC(=O)N1.CC(C)(C)C1=C(C(C)(C)C)N(PP)CCCC1.CC(C)(C)C1=C(C(C)(C)C)N(PP)CS(=O)(=O)N1. The smallest absolute Gasteiger partial charge is 0.268 e. The minimum Gasteiger partial charge on any atom is -0.486 e. The molecule has 5 aliphatic heterocycles. The Morgan fingerprint density at radius 1 is 0.430 bits per heavy atom. The van der Waals surface area contributed by atoms with Gasteiger partial charge in [0, 0.05) is 106 Å². The van der Waals surface area contributed by atoms with E-state index >= 15 is 0 Å². The molecule has 0 aromatic rings. The first-order chi connectivity index (χ1) is 38.3. The molecule has 0 saturated carbocycles. The van der Waals surface area contributed by atoms with Crippen LogP contribution in [0.4, 0.5) is 0 Å². The number of rotatable bonds is 5. The number of hydrogen-bond acceptors (Lipinski definition) is 10. The van der Waals surface area contributed by atoms with Gasteiger partial charge in [0.1, 0.15) is 18.2 Å². The average molecular weight is 1410 g/mol. The molecule has 0 aromatic carbocycles.